The van der Waals surface area contributed by atoms with E-state index in [4.69, 9.17) is 4.74 Å². The van der Waals surface area contributed by atoms with E-state index in [0.29, 0.717) is 11.6 Å². The molecule has 6 heteroatoms. The minimum atomic E-state index is -0.156. The van der Waals surface area contributed by atoms with Crippen LogP contribution in [0.15, 0.2) is 53.5 Å². The van der Waals surface area contributed by atoms with Gasteiger partial charge in [-0.3, -0.25) is 4.99 Å². The Morgan fingerprint density at radius 3 is 2.64 bits per heavy atom. The number of halogens is 1. The molecule has 0 aromatic heterocycles. The molecule has 2 heterocycles. The summed E-state index contributed by atoms with van der Waals surface area (Å²) in [7, 11) is 1.82. The van der Waals surface area contributed by atoms with Crippen LogP contribution in [-0.2, 0) is 0 Å². The first-order chi connectivity index (χ1) is 13.8. The quantitative estimate of drug-likeness (QED) is 0.654. The van der Waals surface area contributed by atoms with Gasteiger partial charge in [-0.05, 0) is 30.2 Å². The van der Waals surface area contributed by atoms with Crippen molar-refractivity contribution in [2.75, 3.05) is 51.3 Å². The van der Waals surface area contributed by atoms with Gasteiger partial charge in [0.1, 0.15) is 11.6 Å². The Hall–Kier alpha value is -2.76. The second-order valence-corrected chi connectivity index (χ2v) is 7.23. The Morgan fingerprint density at radius 2 is 1.86 bits per heavy atom. The summed E-state index contributed by atoms with van der Waals surface area (Å²) >= 11 is 0. The number of nitrogens with zero attached hydrogens (tertiary/aromatic N) is 3. The lowest BCUT2D eigenvalue weighted by Crippen LogP contribution is -2.53. The molecule has 1 fully saturated rings. The first kappa shape index (κ1) is 18.6. The third-order valence-corrected chi connectivity index (χ3v) is 5.57. The number of benzene rings is 2. The highest BCUT2D eigenvalue weighted by Gasteiger charge is 2.24. The number of guanidine groups is 1. The number of piperazine rings is 1. The van der Waals surface area contributed by atoms with Crippen molar-refractivity contribution in [2.45, 2.75) is 12.3 Å². The van der Waals surface area contributed by atoms with Gasteiger partial charge in [-0.25, -0.2) is 4.39 Å². The highest BCUT2D eigenvalue weighted by Crippen LogP contribution is 2.32. The molecule has 4 rings (SSSR count). The molecule has 0 spiro atoms. The summed E-state index contributed by atoms with van der Waals surface area (Å²) in [5.74, 6) is 2.17. The number of fused-ring (bicyclic) bond motifs is 1. The van der Waals surface area contributed by atoms with E-state index >= 15 is 0 Å². The van der Waals surface area contributed by atoms with Crippen LogP contribution in [0.3, 0.4) is 0 Å². The SMILES string of the molecule is CN=C(NCC1CCOc2ccccc21)N1CCN(c2ccccc2F)CC1. The van der Waals surface area contributed by atoms with E-state index < -0.39 is 0 Å². The maximum Gasteiger partial charge on any atom is 0.193 e. The largest absolute Gasteiger partial charge is 0.493 e. The highest BCUT2D eigenvalue weighted by molar-refractivity contribution is 5.80. The van der Waals surface area contributed by atoms with E-state index in [1.807, 2.05) is 31.3 Å². The Balaban J connectivity index is 1.34. The number of rotatable bonds is 3. The number of nitrogens with one attached hydrogen (secondary N) is 1. The van der Waals surface area contributed by atoms with Gasteiger partial charge in [0.25, 0.3) is 0 Å². The predicted octanol–water partition coefficient (Wildman–Crippen LogP) is 3.09. The molecular formula is C22H27FN4O. The third kappa shape index (κ3) is 3.91. The molecule has 28 heavy (non-hydrogen) atoms. The summed E-state index contributed by atoms with van der Waals surface area (Å²) in [5, 5.41) is 3.54. The van der Waals surface area contributed by atoms with Crippen molar-refractivity contribution in [1.82, 2.24) is 10.2 Å². The van der Waals surface area contributed by atoms with E-state index in [9.17, 15) is 4.39 Å². The van der Waals surface area contributed by atoms with E-state index in [1.54, 1.807) is 6.07 Å². The van der Waals surface area contributed by atoms with E-state index in [2.05, 4.69) is 32.2 Å². The second kappa shape index (κ2) is 8.50. The van der Waals surface area contributed by atoms with Crippen molar-refractivity contribution in [3.05, 3.63) is 59.9 Å². The Labute approximate surface area is 165 Å². The van der Waals surface area contributed by atoms with Crippen LogP contribution in [0.25, 0.3) is 0 Å². The Morgan fingerprint density at radius 1 is 1.11 bits per heavy atom. The van der Waals surface area contributed by atoms with E-state index in [-0.39, 0.29) is 5.82 Å². The molecule has 2 aromatic rings. The zero-order valence-corrected chi connectivity index (χ0v) is 16.3. The summed E-state index contributed by atoms with van der Waals surface area (Å²) in [6, 6.07) is 15.3. The number of para-hydroxylation sites is 2. The topological polar surface area (TPSA) is 40.1 Å². The van der Waals surface area contributed by atoms with Gasteiger partial charge in [-0.15, -0.1) is 0 Å². The van der Waals surface area contributed by atoms with Gasteiger partial charge in [0.05, 0.1) is 12.3 Å². The first-order valence-corrected chi connectivity index (χ1v) is 9.93. The zero-order chi connectivity index (χ0) is 19.3. The number of anilines is 1. The first-order valence-electron chi connectivity index (χ1n) is 9.93. The van der Waals surface area contributed by atoms with E-state index in [1.165, 1.54) is 11.6 Å². The second-order valence-electron chi connectivity index (χ2n) is 7.23. The van der Waals surface area contributed by atoms with Crippen molar-refractivity contribution in [3.8, 4) is 5.75 Å². The van der Waals surface area contributed by atoms with Gasteiger partial charge in [0, 0.05) is 45.7 Å². The van der Waals surface area contributed by atoms with Crippen LogP contribution in [-0.4, -0.2) is 57.2 Å². The van der Waals surface area contributed by atoms with Gasteiger partial charge in [0.15, 0.2) is 5.96 Å². The summed E-state index contributed by atoms with van der Waals surface area (Å²) in [5.41, 5.74) is 1.95. The molecule has 1 N–H and O–H groups in total. The van der Waals surface area contributed by atoms with Crippen molar-refractivity contribution >= 4 is 11.6 Å². The van der Waals surface area contributed by atoms with Crippen LogP contribution < -0.4 is 15.0 Å². The number of hydrogen-bond acceptors (Lipinski definition) is 3. The third-order valence-electron chi connectivity index (χ3n) is 5.57. The minimum Gasteiger partial charge on any atom is -0.493 e. The molecule has 1 saturated heterocycles. The molecule has 2 aromatic carbocycles. The Bertz CT molecular complexity index is 833. The molecule has 2 aliphatic heterocycles. The van der Waals surface area contributed by atoms with Crippen LogP contribution in [0, 0.1) is 5.82 Å². The fourth-order valence-electron chi connectivity index (χ4n) is 4.04. The molecular weight excluding hydrogens is 355 g/mol. The lowest BCUT2D eigenvalue weighted by molar-refractivity contribution is 0.266. The summed E-state index contributed by atoms with van der Waals surface area (Å²) in [6.45, 7) is 4.78. The summed E-state index contributed by atoms with van der Waals surface area (Å²) in [6.07, 6.45) is 1.00. The molecule has 1 atom stereocenters. The maximum atomic E-state index is 14.0. The lowest BCUT2D eigenvalue weighted by atomic mass is 9.93. The molecule has 0 amide bonds. The molecule has 2 aliphatic rings. The van der Waals surface area contributed by atoms with Crippen LogP contribution >= 0.6 is 0 Å². The standard InChI is InChI=1S/C22H27FN4O/c1-24-22(25-16-17-10-15-28-21-9-5-2-6-18(17)21)27-13-11-26(12-14-27)20-8-4-3-7-19(20)23/h2-9,17H,10-16H2,1H3,(H,24,25). The number of hydrogen-bond donors (Lipinski definition) is 1. The van der Waals surface area contributed by atoms with Gasteiger partial charge >= 0.3 is 0 Å². The number of aliphatic imine (C=N–C) groups is 1. The smallest absolute Gasteiger partial charge is 0.193 e. The summed E-state index contributed by atoms with van der Waals surface area (Å²) in [4.78, 5) is 8.83. The van der Waals surface area contributed by atoms with Crippen molar-refractivity contribution in [1.29, 1.82) is 0 Å². The molecule has 5 nitrogen and oxygen atoms in total. The van der Waals surface area contributed by atoms with Gasteiger partial charge in [-0.2, -0.15) is 0 Å². The zero-order valence-electron chi connectivity index (χ0n) is 16.3. The lowest BCUT2D eigenvalue weighted by Gasteiger charge is -2.38. The van der Waals surface area contributed by atoms with Crippen molar-refractivity contribution in [3.63, 3.8) is 0 Å². The molecule has 0 aliphatic carbocycles. The van der Waals surface area contributed by atoms with Crippen molar-refractivity contribution in [2.24, 2.45) is 4.99 Å². The average Bonchev–Trinajstić information content (AvgIpc) is 2.75. The Kier molecular flexibility index (Phi) is 5.65. The molecule has 0 saturated carbocycles. The fourth-order valence-corrected chi connectivity index (χ4v) is 4.04. The van der Waals surface area contributed by atoms with E-state index in [0.717, 1.165) is 57.5 Å². The molecule has 1 unspecified atom stereocenters. The fraction of sp³-hybridized carbons (Fsp3) is 0.409. The van der Waals surface area contributed by atoms with Crippen LogP contribution in [0.2, 0.25) is 0 Å². The molecule has 0 radical (unpaired) electrons. The van der Waals surface area contributed by atoms with Crippen molar-refractivity contribution < 1.29 is 9.13 Å². The van der Waals surface area contributed by atoms with Gasteiger partial charge in [-0.1, -0.05) is 30.3 Å². The normalized spacial score (nSPS) is 19.8. The predicted molar refractivity (Wildman–Crippen MR) is 111 cm³/mol. The van der Waals surface area contributed by atoms with Gasteiger partial charge in [0.2, 0.25) is 0 Å². The molecule has 148 valence electrons. The van der Waals surface area contributed by atoms with Gasteiger partial charge < -0.3 is 19.9 Å². The average molecular weight is 382 g/mol. The highest BCUT2D eigenvalue weighted by atomic mass is 19.1. The minimum absolute atomic E-state index is 0.156. The summed E-state index contributed by atoms with van der Waals surface area (Å²) < 4.78 is 19.8. The molecule has 0 bridgehead atoms. The number of ether oxygens (including phenoxy) is 1. The maximum absolute atomic E-state index is 14.0. The van der Waals surface area contributed by atoms with Crippen LogP contribution in [0.5, 0.6) is 5.75 Å². The monoisotopic (exact) mass is 382 g/mol. The van der Waals surface area contributed by atoms with Crippen LogP contribution in [0.1, 0.15) is 17.9 Å². The van der Waals surface area contributed by atoms with Crippen LogP contribution in [0.4, 0.5) is 10.1 Å².